The molecule has 0 aliphatic carbocycles. The maximum Gasteiger partial charge on any atom is 0.250 e. The fraction of sp³-hybridized carbons (Fsp3) is 0.500. The van der Waals surface area contributed by atoms with Gasteiger partial charge in [-0.15, -0.1) is 0 Å². The van der Waals surface area contributed by atoms with E-state index in [0.717, 1.165) is 24.8 Å². The van der Waals surface area contributed by atoms with Crippen LogP contribution in [0.2, 0.25) is 0 Å². The summed E-state index contributed by atoms with van der Waals surface area (Å²) < 4.78 is 11.4. The number of hydrogen-bond acceptors (Lipinski definition) is 7. The average Bonchev–Trinajstić information content (AvgIpc) is 2.93. The van der Waals surface area contributed by atoms with E-state index in [1.165, 1.54) is 0 Å². The molecule has 9 nitrogen and oxygen atoms in total. The molecule has 1 saturated heterocycles. The number of methoxy groups -OCH3 is 1. The first-order chi connectivity index (χ1) is 13.0. The number of amides is 2. The fourth-order valence-corrected chi connectivity index (χ4v) is 3.27. The van der Waals surface area contributed by atoms with Gasteiger partial charge in [-0.3, -0.25) is 14.9 Å². The highest BCUT2D eigenvalue weighted by Gasteiger charge is 2.40. The zero-order chi connectivity index (χ0) is 19.4. The molecule has 2 amide bonds. The lowest BCUT2D eigenvalue weighted by atomic mass is 10.1. The second kappa shape index (κ2) is 8.26. The predicted octanol–water partition coefficient (Wildman–Crippen LogP) is 0.414. The molecule has 2 heterocycles. The standard InChI is InChI=1S/C18H24N4O5/c1-26-16-11-10-22-13(9-15(19)24)17(25)21-18(22)20-12(11)5-6-14(16)27-8-4-2-3-7-23/h5-6,13,23H,2-4,7-10H2,1H3,(H2,19,24)(H,20,21,25). The Morgan fingerprint density at radius 2 is 2.22 bits per heavy atom. The molecule has 1 aromatic rings. The number of primary amides is 1. The first-order valence-corrected chi connectivity index (χ1v) is 8.93. The maximum atomic E-state index is 12.2. The van der Waals surface area contributed by atoms with Gasteiger partial charge in [0, 0.05) is 12.2 Å². The van der Waals surface area contributed by atoms with E-state index in [2.05, 4.69) is 10.3 Å². The molecule has 0 aromatic heterocycles. The molecule has 27 heavy (non-hydrogen) atoms. The van der Waals surface area contributed by atoms with Crippen molar-refractivity contribution in [3.8, 4) is 11.5 Å². The summed E-state index contributed by atoms with van der Waals surface area (Å²) in [5, 5.41) is 11.5. The maximum absolute atomic E-state index is 12.2. The molecule has 0 radical (unpaired) electrons. The zero-order valence-electron chi connectivity index (χ0n) is 15.2. The minimum atomic E-state index is -0.679. The molecule has 9 heteroatoms. The van der Waals surface area contributed by atoms with Gasteiger partial charge in [-0.25, -0.2) is 4.99 Å². The molecule has 2 aliphatic rings. The lowest BCUT2D eigenvalue weighted by Gasteiger charge is -2.29. The van der Waals surface area contributed by atoms with Crippen molar-refractivity contribution in [3.63, 3.8) is 0 Å². The van der Waals surface area contributed by atoms with Gasteiger partial charge >= 0.3 is 0 Å². The van der Waals surface area contributed by atoms with Gasteiger partial charge < -0.3 is 25.2 Å². The number of aliphatic imine (C=N–C) groups is 1. The number of fused-ring (bicyclic) bond motifs is 2. The van der Waals surface area contributed by atoms with Crippen LogP contribution in [-0.4, -0.2) is 54.1 Å². The van der Waals surface area contributed by atoms with Crippen LogP contribution in [0.25, 0.3) is 0 Å². The Balaban J connectivity index is 1.80. The number of hydrogen-bond donors (Lipinski definition) is 3. The van der Waals surface area contributed by atoms with Crippen molar-refractivity contribution in [2.75, 3.05) is 20.3 Å². The van der Waals surface area contributed by atoms with Gasteiger partial charge in [0.2, 0.25) is 17.8 Å². The molecular weight excluding hydrogens is 352 g/mol. The molecule has 0 saturated carbocycles. The van der Waals surface area contributed by atoms with Gasteiger partial charge in [-0.1, -0.05) is 0 Å². The summed E-state index contributed by atoms with van der Waals surface area (Å²) in [5.41, 5.74) is 6.75. The molecule has 1 atom stereocenters. The second-order valence-corrected chi connectivity index (χ2v) is 6.47. The number of nitrogens with two attached hydrogens (primary N) is 1. The number of carbonyl (C=O) groups is 2. The van der Waals surface area contributed by atoms with Gasteiger partial charge in [0.05, 0.1) is 32.4 Å². The molecule has 3 rings (SSSR count). The summed E-state index contributed by atoms with van der Waals surface area (Å²) in [5.74, 6) is 0.741. The average molecular weight is 376 g/mol. The zero-order valence-corrected chi connectivity index (χ0v) is 15.2. The van der Waals surface area contributed by atoms with Gasteiger partial charge in [0.15, 0.2) is 11.5 Å². The lowest BCUT2D eigenvalue weighted by molar-refractivity contribution is -0.126. The van der Waals surface area contributed by atoms with Crippen LogP contribution in [0.5, 0.6) is 11.5 Å². The predicted molar refractivity (Wildman–Crippen MR) is 97.8 cm³/mol. The Morgan fingerprint density at radius 1 is 1.41 bits per heavy atom. The Labute approximate surface area is 157 Å². The van der Waals surface area contributed by atoms with Crippen molar-refractivity contribution in [2.45, 2.75) is 38.3 Å². The number of benzene rings is 1. The van der Waals surface area contributed by atoms with Crippen LogP contribution in [-0.2, 0) is 16.1 Å². The number of rotatable bonds is 9. The third-order valence-corrected chi connectivity index (χ3v) is 4.60. The van der Waals surface area contributed by atoms with Crippen molar-refractivity contribution in [1.29, 1.82) is 0 Å². The van der Waals surface area contributed by atoms with Crippen molar-refractivity contribution in [1.82, 2.24) is 10.2 Å². The van der Waals surface area contributed by atoms with Gasteiger partial charge in [0.1, 0.15) is 6.04 Å². The third-order valence-electron chi connectivity index (χ3n) is 4.60. The Bertz CT molecular complexity index is 764. The lowest BCUT2D eigenvalue weighted by Crippen LogP contribution is -2.39. The van der Waals surface area contributed by atoms with Crippen LogP contribution in [0.1, 0.15) is 31.2 Å². The summed E-state index contributed by atoms with van der Waals surface area (Å²) >= 11 is 0. The minimum Gasteiger partial charge on any atom is -0.492 e. The Kier molecular flexibility index (Phi) is 5.80. The van der Waals surface area contributed by atoms with Crippen LogP contribution in [0.15, 0.2) is 17.1 Å². The molecular formula is C18H24N4O5. The molecule has 1 fully saturated rings. The number of ether oxygens (including phenoxy) is 2. The monoisotopic (exact) mass is 376 g/mol. The van der Waals surface area contributed by atoms with Crippen LogP contribution in [0.3, 0.4) is 0 Å². The molecule has 1 aromatic carbocycles. The third kappa shape index (κ3) is 3.97. The number of unbranched alkanes of at least 4 members (excludes halogenated alkanes) is 2. The summed E-state index contributed by atoms with van der Waals surface area (Å²) in [7, 11) is 1.56. The topological polar surface area (TPSA) is 126 Å². The number of aliphatic hydroxyl groups is 1. The van der Waals surface area contributed by atoms with E-state index in [1.807, 2.05) is 6.07 Å². The normalized spacial score (nSPS) is 17.7. The van der Waals surface area contributed by atoms with Crippen molar-refractivity contribution in [2.24, 2.45) is 10.7 Å². The molecule has 0 bridgehead atoms. The van der Waals surface area contributed by atoms with Gasteiger partial charge in [0.25, 0.3) is 0 Å². The molecule has 146 valence electrons. The van der Waals surface area contributed by atoms with E-state index in [0.29, 0.717) is 36.3 Å². The highest BCUT2D eigenvalue weighted by atomic mass is 16.5. The molecule has 0 spiro atoms. The van der Waals surface area contributed by atoms with Gasteiger partial charge in [-0.05, 0) is 31.4 Å². The van der Waals surface area contributed by atoms with Crippen LogP contribution >= 0.6 is 0 Å². The van der Waals surface area contributed by atoms with Crippen molar-refractivity contribution in [3.05, 3.63) is 17.7 Å². The van der Waals surface area contributed by atoms with E-state index in [-0.39, 0.29) is 18.9 Å². The summed E-state index contributed by atoms with van der Waals surface area (Å²) in [6, 6.07) is 2.93. The van der Waals surface area contributed by atoms with Crippen LogP contribution < -0.4 is 20.5 Å². The number of carbonyl (C=O) groups excluding carboxylic acids is 2. The Hall–Kier alpha value is -2.81. The van der Waals surface area contributed by atoms with Crippen molar-refractivity contribution >= 4 is 23.5 Å². The second-order valence-electron chi connectivity index (χ2n) is 6.47. The largest absolute Gasteiger partial charge is 0.492 e. The molecule has 1 unspecified atom stereocenters. The molecule has 2 aliphatic heterocycles. The van der Waals surface area contributed by atoms with E-state index in [4.69, 9.17) is 20.3 Å². The first-order valence-electron chi connectivity index (χ1n) is 8.93. The number of aliphatic hydroxyl groups excluding tert-OH is 1. The number of nitrogens with zero attached hydrogens (tertiary/aromatic N) is 2. The van der Waals surface area contributed by atoms with E-state index < -0.39 is 11.9 Å². The smallest absolute Gasteiger partial charge is 0.250 e. The van der Waals surface area contributed by atoms with E-state index in [1.54, 1.807) is 18.1 Å². The fourth-order valence-electron chi connectivity index (χ4n) is 3.27. The number of guanidine groups is 1. The van der Waals surface area contributed by atoms with Gasteiger partial charge in [-0.2, -0.15) is 0 Å². The van der Waals surface area contributed by atoms with Crippen LogP contribution in [0, 0.1) is 0 Å². The van der Waals surface area contributed by atoms with Crippen LogP contribution in [0.4, 0.5) is 5.69 Å². The highest BCUT2D eigenvalue weighted by molar-refractivity contribution is 6.09. The molecule has 4 N–H and O–H groups in total. The van der Waals surface area contributed by atoms with Crippen molar-refractivity contribution < 1.29 is 24.2 Å². The SMILES string of the molecule is COc1c(OCCCCCO)ccc2c1CN1C(=N2)NC(=O)C1CC(N)=O. The first kappa shape index (κ1) is 19.0. The summed E-state index contributed by atoms with van der Waals surface area (Å²) in [6.45, 7) is 1.05. The summed E-state index contributed by atoms with van der Waals surface area (Å²) in [6.07, 6.45) is 2.38. The summed E-state index contributed by atoms with van der Waals surface area (Å²) in [4.78, 5) is 29.7. The minimum absolute atomic E-state index is 0.0798. The Morgan fingerprint density at radius 3 is 2.93 bits per heavy atom. The highest BCUT2D eigenvalue weighted by Crippen LogP contribution is 2.41. The number of nitrogens with one attached hydrogen (secondary N) is 1. The van der Waals surface area contributed by atoms with E-state index in [9.17, 15) is 9.59 Å². The van der Waals surface area contributed by atoms with E-state index >= 15 is 0 Å². The quantitative estimate of drug-likeness (QED) is 0.536.